The van der Waals surface area contributed by atoms with Gasteiger partial charge in [-0.2, -0.15) is 11.8 Å². The van der Waals surface area contributed by atoms with E-state index in [2.05, 4.69) is 19.2 Å². The third kappa shape index (κ3) is 5.50. The van der Waals surface area contributed by atoms with Gasteiger partial charge in [-0.15, -0.1) is 0 Å². The van der Waals surface area contributed by atoms with Gasteiger partial charge in [-0.3, -0.25) is 0 Å². The molecule has 4 heteroatoms. The minimum absolute atomic E-state index is 0.0971. The molecule has 1 rings (SSSR count). The lowest BCUT2D eigenvalue weighted by molar-refractivity contribution is 0.151. The second-order valence-electron chi connectivity index (χ2n) is 3.99. The molecule has 0 aliphatic heterocycles. The fraction of sp³-hybridized carbons (Fsp3) is 0.538. The number of nitrogens with one attached hydrogen (secondary N) is 1. The molecule has 1 N–H and O–H groups in total. The highest BCUT2D eigenvalue weighted by Crippen LogP contribution is 2.19. The molecule has 1 nitrogen and oxygen atoms in total. The van der Waals surface area contributed by atoms with Crippen molar-refractivity contribution in [2.24, 2.45) is 0 Å². The largest absolute Gasteiger partial charge is 0.309 e. The maximum absolute atomic E-state index is 12.5. The molecule has 1 atom stereocenters. The van der Waals surface area contributed by atoms with Gasteiger partial charge in [0.15, 0.2) is 0 Å². The van der Waals surface area contributed by atoms with Crippen LogP contribution in [0.5, 0.6) is 0 Å². The SMILES string of the molecule is CCSCC(C)NCc1cccc(C(F)F)c1. The van der Waals surface area contributed by atoms with E-state index in [1.165, 1.54) is 6.07 Å². The van der Waals surface area contributed by atoms with Gasteiger partial charge in [0.2, 0.25) is 0 Å². The highest BCUT2D eigenvalue weighted by molar-refractivity contribution is 7.99. The van der Waals surface area contributed by atoms with Crippen LogP contribution in [-0.2, 0) is 6.54 Å². The Bertz CT molecular complexity index is 331. The average molecular weight is 259 g/mol. The Balaban J connectivity index is 2.43. The summed E-state index contributed by atoms with van der Waals surface area (Å²) in [5.74, 6) is 2.15. The fourth-order valence-electron chi connectivity index (χ4n) is 1.48. The summed E-state index contributed by atoms with van der Waals surface area (Å²) in [6.45, 7) is 4.88. The third-order valence-electron chi connectivity index (χ3n) is 2.43. The zero-order chi connectivity index (χ0) is 12.7. The van der Waals surface area contributed by atoms with Crippen LogP contribution in [0.3, 0.4) is 0 Å². The Morgan fingerprint density at radius 3 is 2.76 bits per heavy atom. The van der Waals surface area contributed by atoms with Gasteiger partial charge in [0.05, 0.1) is 0 Å². The highest BCUT2D eigenvalue weighted by Gasteiger charge is 2.07. The molecule has 1 unspecified atom stereocenters. The van der Waals surface area contributed by atoms with Crippen LogP contribution in [0, 0.1) is 0 Å². The molecule has 0 aliphatic rings. The van der Waals surface area contributed by atoms with Crippen LogP contribution < -0.4 is 5.32 Å². The zero-order valence-electron chi connectivity index (χ0n) is 10.2. The average Bonchev–Trinajstić information content (AvgIpc) is 2.34. The second-order valence-corrected chi connectivity index (χ2v) is 5.31. The Kier molecular flexibility index (Phi) is 6.52. The lowest BCUT2D eigenvalue weighted by Crippen LogP contribution is -2.27. The van der Waals surface area contributed by atoms with Crippen molar-refractivity contribution in [2.75, 3.05) is 11.5 Å². The van der Waals surface area contributed by atoms with E-state index in [1.807, 2.05) is 17.8 Å². The van der Waals surface area contributed by atoms with Crippen LogP contribution in [0.4, 0.5) is 8.78 Å². The molecule has 17 heavy (non-hydrogen) atoms. The van der Waals surface area contributed by atoms with Crippen molar-refractivity contribution < 1.29 is 8.78 Å². The quantitative estimate of drug-likeness (QED) is 0.798. The number of hydrogen-bond acceptors (Lipinski definition) is 2. The molecular formula is C13H19F2NS. The molecule has 0 aromatic heterocycles. The van der Waals surface area contributed by atoms with Crippen molar-refractivity contribution in [3.8, 4) is 0 Å². The molecule has 1 aromatic rings. The fourth-order valence-corrected chi connectivity index (χ4v) is 2.19. The predicted molar refractivity (Wildman–Crippen MR) is 70.7 cm³/mol. The molecule has 0 saturated carbocycles. The van der Waals surface area contributed by atoms with Gasteiger partial charge in [0.1, 0.15) is 0 Å². The summed E-state index contributed by atoms with van der Waals surface area (Å²) in [4.78, 5) is 0. The van der Waals surface area contributed by atoms with Gasteiger partial charge < -0.3 is 5.32 Å². The molecule has 96 valence electrons. The van der Waals surface area contributed by atoms with Crippen molar-refractivity contribution in [3.05, 3.63) is 35.4 Å². The van der Waals surface area contributed by atoms with Crippen LogP contribution in [0.15, 0.2) is 24.3 Å². The smallest absolute Gasteiger partial charge is 0.263 e. The maximum atomic E-state index is 12.5. The molecule has 0 spiro atoms. The van der Waals surface area contributed by atoms with Gasteiger partial charge in [-0.05, 0) is 24.3 Å². The lowest BCUT2D eigenvalue weighted by Gasteiger charge is -2.13. The van der Waals surface area contributed by atoms with E-state index >= 15 is 0 Å². The van der Waals surface area contributed by atoms with Crippen molar-refractivity contribution in [2.45, 2.75) is 32.9 Å². The van der Waals surface area contributed by atoms with E-state index in [-0.39, 0.29) is 5.56 Å². The predicted octanol–water partition coefficient (Wildman–Crippen LogP) is 3.86. The van der Waals surface area contributed by atoms with Crippen LogP contribution in [0.25, 0.3) is 0 Å². The number of thioether (sulfide) groups is 1. The summed E-state index contributed by atoms with van der Waals surface area (Å²) in [5.41, 5.74) is 1.01. The van der Waals surface area contributed by atoms with Gasteiger partial charge in [-0.25, -0.2) is 8.78 Å². The molecule has 0 bridgehead atoms. The second kappa shape index (κ2) is 7.67. The Labute approximate surface area is 106 Å². The molecule has 0 saturated heterocycles. The minimum atomic E-state index is -2.39. The standard InChI is InChI=1S/C13H19F2NS/c1-3-17-9-10(2)16-8-11-5-4-6-12(7-11)13(14)15/h4-7,10,13,16H,3,8-9H2,1-2H3. The van der Waals surface area contributed by atoms with Crippen molar-refractivity contribution >= 4 is 11.8 Å². The molecule has 0 aliphatic carbocycles. The highest BCUT2D eigenvalue weighted by atomic mass is 32.2. The van der Waals surface area contributed by atoms with E-state index in [1.54, 1.807) is 12.1 Å². The Morgan fingerprint density at radius 1 is 1.35 bits per heavy atom. The normalized spacial score (nSPS) is 13.0. The molecule has 0 amide bonds. The minimum Gasteiger partial charge on any atom is -0.309 e. The topological polar surface area (TPSA) is 12.0 Å². The van der Waals surface area contributed by atoms with Crippen molar-refractivity contribution in [1.82, 2.24) is 5.32 Å². The first-order valence-electron chi connectivity index (χ1n) is 5.81. The van der Waals surface area contributed by atoms with E-state index in [9.17, 15) is 8.78 Å². The van der Waals surface area contributed by atoms with E-state index in [0.29, 0.717) is 12.6 Å². The van der Waals surface area contributed by atoms with E-state index in [4.69, 9.17) is 0 Å². The van der Waals surface area contributed by atoms with Gasteiger partial charge in [0, 0.05) is 23.9 Å². The maximum Gasteiger partial charge on any atom is 0.263 e. The van der Waals surface area contributed by atoms with Gasteiger partial charge in [-0.1, -0.05) is 25.1 Å². The summed E-state index contributed by atoms with van der Waals surface area (Å²) in [6, 6.07) is 6.99. The first kappa shape index (κ1) is 14.5. The number of rotatable bonds is 7. The Morgan fingerprint density at radius 2 is 2.12 bits per heavy atom. The molecule has 1 aromatic carbocycles. The summed E-state index contributed by atoms with van der Waals surface area (Å²) >= 11 is 1.88. The van der Waals surface area contributed by atoms with Crippen molar-refractivity contribution in [3.63, 3.8) is 0 Å². The van der Waals surface area contributed by atoms with Crippen LogP contribution in [-0.4, -0.2) is 17.5 Å². The first-order valence-corrected chi connectivity index (χ1v) is 6.97. The van der Waals surface area contributed by atoms with Gasteiger partial charge in [0.25, 0.3) is 6.43 Å². The molecule has 0 heterocycles. The molecular weight excluding hydrogens is 240 g/mol. The Hall–Kier alpha value is -0.610. The van der Waals surface area contributed by atoms with E-state index in [0.717, 1.165) is 17.1 Å². The summed E-state index contributed by atoms with van der Waals surface area (Å²) in [6.07, 6.45) is -2.39. The van der Waals surface area contributed by atoms with E-state index < -0.39 is 6.43 Å². The number of halogens is 2. The summed E-state index contributed by atoms with van der Waals surface area (Å²) in [5, 5.41) is 3.33. The number of benzene rings is 1. The number of hydrogen-bond donors (Lipinski definition) is 1. The van der Waals surface area contributed by atoms with Crippen LogP contribution >= 0.6 is 11.8 Å². The van der Waals surface area contributed by atoms with Gasteiger partial charge >= 0.3 is 0 Å². The monoisotopic (exact) mass is 259 g/mol. The summed E-state index contributed by atoms with van der Waals surface area (Å²) in [7, 11) is 0. The van der Waals surface area contributed by atoms with Crippen LogP contribution in [0.2, 0.25) is 0 Å². The zero-order valence-corrected chi connectivity index (χ0v) is 11.1. The molecule has 0 radical (unpaired) electrons. The third-order valence-corrected chi connectivity index (χ3v) is 3.57. The van der Waals surface area contributed by atoms with Crippen LogP contribution in [0.1, 0.15) is 31.4 Å². The first-order chi connectivity index (χ1) is 8.13. The summed E-state index contributed by atoms with van der Waals surface area (Å²) < 4.78 is 25.0. The molecule has 0 fully saturated rings. The number of alkyl halides is 2. The van der Waals surface area contributed by atoms with Crippen molar-refractivity contribution in [1.29, 1.82) is 0 Å². The lowest BCUT2D eigenvalue weighted by atomic mass is 10.1.